The number of rotatable bonds is 3. The summed E-state index contributed by atoms with van der Waals surface area (Å²) in [5.41, 5.74) is 0.871. The van der Waals surface area contributed by atoms with Gasteiger partial charge in [0.2, 0.25) is 5.88 Å². The van der Waals surface area contributed by atoms with Gasteiger partial charge < -0.3 is 9.64 Å². The summed E-state index contributed by atoms with van der Waals surface area (Å²) in [5, 5.41) is 0.538. The fourth-order valence-electron chi connectivity index (χ4n) is 2.83. The van der Waals surface area contributed by atoms with Crippen molar-refractivity contribution in [2.24, 2.45) is 0 Å². The summed E-state index contributed by atoms with van der Waals surface area (Å²) in [4.78, 5) is 27.2. The van der Waals surface area contributed by atoms with Gasteiger partial charge in [-0.25, -0.2) is 9.97 Å². The number of nitrogens with zero attached hydrogens (tertiary/aromatic N) is 4. The van der Waals surface area contributed by atoms with E-state index in [0.29, 0.717) is 17.4 Å². The molecule has 3 aromatic rings. The number of ether oxygens (including phenoxy) is 1. The number of fused-ring (bicyclic) bond motifs is 1. The van der Waals surface area contributed by atoms with E-state index in [4.69, 9.17) is 4.74 Å². The van der Waals surface area contributed by atoms with E-state index in [1.54, 1.807) is 18.6 Å². The van der Waals surface area contributed by atoms with Crippen molar-refractivity contribution >= 4 is 27.5 Å². The van der Waals surface area contributed by atoms with Crippen LogP contribution in [0.1, 0.15) is 22.6 Å². The van der Waals surface area contributed by atoms with Gasteiger partial charge in [0.05, 0.1) is 23.0 Å². The van der Waals surface area contributed by atoms with Crippen LogP contribution < -0.4 is 4.74 Å². The monoisotopic (exact) mass is 340 g/mol. The van der Waals surface area contributed by atoms with Crippen molar-refractivity contribution in [3.05, 3.63) is 47.9 Å². The van der Waals surface area contributed by atoms with E-state index in [1.165, 1.54) is 11.3 Å². The van der Waals surface area contributed by atoms with Crippen LogP contribution in [0, 0.1) is 0 Å². The molecule has 0 aliphatic carbocycles. The molecule has 6 nitrogen and oxygen atoms in total. The van der Waals surface area contributed by atoms with Crippen LogP contribution in [0.2, 0.25) is 0 Å². The zero-order valence-corrected chi connectivity index (χ0v) is 13.8. The summed E-state index contributed by atoms with van der Waals surface area (Å²) in [6.07, 6.45) is 6.54. The van der Waals surface area contributed by atoms with Crippen LogP contribution >= 0.6 is 11.3 Å². The highest BCUT2D eigenvalue weighted by atomic mass is 32.1. The third kappa shape index (κ3) is 3.07. The molecule has 24 heavy (non-hydrogen) atoms. The van der Waals surface area contributed by atoms with Crippen molar-refractivity contribution in [3.8, 4) is 5.88 Å². The molecule has 1 aromatic carbocycles. The van der Waals surface area contributed by atoms with E-state index in [0.717, 1.165) is 29.6 Å². The van der Waals surface area contributed by atoms with Gasteiger partial charge in [-0.05, 0) is 25.0 Å². The first-order valence-corrected chi connectivity index (χ1v) is 8.69. The second-order valence-electron chi connectivity index (χ2n) is 5.66. The van der Waals surface area contributed by atoms with Crippen LogP contribution in [0.3, 0.4) is 0 Å². The lowest BCUT2D eigenvalue weighted by Gasteiger charge is -2.32. The van der Waals surface area contributed by atoms with Crippen LogP contribution in [0.15, 0.2) is 42.9 Å². The molecule has 0 spiro atoms. The Labute approximate surface area is 143 Å². The molecular formula is C17H16N4O2S. The first-order valence-electron chi connectivity index (χ1n) is 7.87. The Morgan fingerprint density at radius 1 is 1.29 bits per heavy atom. The predicted octanol–water partition coefficient (Wildman–Crippen LogP) is 2.77. The average molecular weight is 340 g/mol. The van der Waals surface area contributed by atoms with E-state index < -0.39 is 0 Å². The molecule has 1 saturated heterocycles. The maximum Gasteiger partial charge on any atom is 0.282 e. The van der Waals surface area contributed by atoms with Crippen molar-refractivity contribution in [2.45, 2.75) is 18.9 Å². The van der Waals surface area contributed by atoms with Gasteiger partial charge in [0.15, 0.2) is 5.01 Å². The molecule has 0 N–H and O–H groups in total. The van der Waals surface area contributed by atoms with Crippen molar-refractivity contribution in [2.75, 3.05) is 13.1 Å². The molecule has 1 fully saturated rings. The zero-order chi connectivity index (χ0) is 16.4. The number of amides is 1. The fourth-order valence-corrected chi connectivity index (χ4v) is 3.77. The van der Waals surface area contributed by atoms with Gasteiger partial charge in [-0.15, -0.1) is 11.3 Å². The molecule has 0 bridgehead atoms. The third-order valence-corrected chi connectivity index (χ3v) is 4.99. The van der Waals surface area contributed by atoms with Crippen molar-refractivity contribution in [3.63, 3.8) is 0 Å². The predicted molar refractivity (Wildman–Crippen MR) is 91.2 cm³/mol. The smallest absolute Gasteiger partial charge is 0.282 e. The van der Waals surface area contributed by atoms with E-state index in [-0.39, 0.29) is 12.0 Å². The lowest BCUT2D eigenvalue weighted by molar-refractivity contribution is 0.0527. The molecule has 122 valence electrons. The highest BCUT2D eigenvalue weighted by Gasteiger charge is 2.27. The van der Waals surface area contributed by atoms with Crippen LogP contribution in [-0.4, -0.2) is 45.0 Å². The van der Waals surface area contributed by atoms with Crippen LogP contribution in [0.5, 0.6) is 5.88 Å². The normalized spacial score (nSPS) is 17.8. The summed E-state index contributed by atoms with van der Waals surface area (Å²) >= 11 is 1.44. The van der Waals surface area contributed by atoms with Gasteiger partial charge in [-0.3, -0.25) is 9.78 Å². The van der Waals surface area contributed by atoms with Gasteiger partial charge in [-0.2, -0.15) is 0 Å². The molecule has 1 atom stereocenters. The summed E-state index contributed by atoms with van der Waals surface area (Å²) in [7, 11) is 0. The van der Waals surface area contributed by atoms with Gasteiger partial charge in [-0.1, -0.05) is 12.1 Å². The third-order valence-electron chi connectivity index (χ3n) is 3.97. The first-order chi connectivity index (χ1) is 11.8. The molecule has 0 radical (unpaired) electrons. The molecule has 2 aromatic heterocycles. The number of carbonyl (C=O) groups is 1. The Hall–Kier alpha value is -2.54. The summed E-state index contributed by atoms with van der Waals surface area (Å²) < 4.78 is 6.88. The average Bonchev–Trinajstić information content (AvgIpc) is 3.06. The number of benzene rings is 1. The number of likely N-dealkylation sites (tertiary alicyclic amines) is 1. The Balaban J connectivity index is 1.48. The van der Waals surface area contributed by atoms with Crippen LogP contribution in [0.4, 0.5) is 0 Å². The highest BCUT2D eigenvalue weighted by Crippen LogP contribution is 2.24. The molecule has 1 amide bonds. The van der Waals surface area contributed by atoms with Gasteiger partial charge in [0.1, 0.15) is 6.10 Å². The number of thiazole rings is 1. The Morgan fingerprint density at radius 3 is 3.04 bits per heavy atom. The maximum absolute atomic E-state index is 12.8. The van der Waals surface area contributed by atoms with E-state index in [2.05, 4.69) is 15.0 Å². The Kier molecular flexibility index (Phi) is 4.08. The van der Waals surface area contributed by atoms with E-state index in [9.17, 15) is 4.79 Å². The standard InChI is InChI=1S/C17H16N4O2S/c22-17(16-20-13-5-1-2-6-14(13)24-16)21-9-3-4-12(11-21)23-15-10-18-7-8-19-15/h1-2,5-8,10,12H,3-4,9,11H2. The summed E-state index contributed by atoms with van der Waals surface area (Å²) in [6, 6.07) is 7.81. The summed E-state index contributed by atoms with van der Waals surface area (Å²) in [5.74, 6) is 0.473. The zero-order valence-electron chi connectivity index (χ0n) is 13.0. The minimum Gasteiger partial charge on any atom is -0.471 e. The summed E-state index contributed by atoms with van der Waals surface area (Å²) in [6.45, 7) is 1.28. The number of carbonyl (C=O) groups excluding carboxylic acids is 1. The second-order valence-corrected chi connectivity index (χ2v) is 6.69. The van der Waals surface area contributed by atoms with Crippen LogP contribution in [0.25, 0.3) is 10.2 Å². The van der Waals surface area contributed by atoms with Gasteiger partial charge in [0, 0.05) is 18.9 Å². The largest absolute Gasteiger partial charge is 0.471 e. The lowest BCUT2D eigenvalue weighted by Crippen LogP contribution is -2.44. The topological polar surface area (TPSA) is 68.2 Å². The Morgan fingerprint density at radius 2 is 2.21 bits per heavy atom. The van der Waals surface area contributed by atoms with E-state index in [1.807, 2.05) is 29.2 Å². The number of aromatic nitrogens is 3. The quantitative estimate of drug-likeness (QED) is 0.733. The maximum atomic E-state index is 12.8. The van der Waals surface area contributed by atoms with Gasteiger partial charge in [0.25, 0.3) is 5.91 Å². The highest BCUT2D eigenvalue weighted by molar-refractivity contribution is 7.20. The minimum atomic E-state index is -0.0613. The first kappa shape index (κ1) is 15.0. The molecule has 1 aliphatic heterocycles. The van der Waals surface area contributed by atoms with Crippen LogP contribution in [-0.2, 0) is 0 Å². The second kappa shape index (κ2) is 6.52. The van der Waals surface area contributed by atoms with Crippen molar-refractivity contribution in [1.29, 1.82) is 0 Å². The Bertz CT molecular complexity index is 819. The number of hydrogen-bond donors (Lipinski definition) is 0. The van der Waals surface area contributed by atoms with Crippen molar-refractivity contribution in [1.82, 2.24) is 19.9 Å². The molecule has 0 saturated carbocycles. The fraction of sp³-hybridized carbons (Fsp3) is 0.294. The number of hydrogen-bond acceptors (Lipinski definition) is 6. The SMILES string of the molecule is O=C(c1nc2ccccc2s1)N1CCCC(Oc2cnccn2)C1. The molecule has 3 heterocycles. The molecule has 7 heteroatoms. The molecular weight excluding hydrogens is 324 g/mol. The number of piperidine rings is 1. The number of para-hydroxylation sites is 1. The molecule has 1 aliphatic rings. The molecule has 1 unspecified atom stereocenters. The lowest BCUT2D eigenvalue weighted by atomic mass is 10.1. The van der Waals surface area contributed by atoms with Crippen molar-refractivity contribution < 1.29 is 9.53 Å². The molecule has 4 rings (SSSR count). The van der Waals surface area contributed by atoms with E-state index >= 15 is 0 Å². The van der Waals surface area contributed by atoms with Gasteiger partial charge >= 0.3 is 0 Å². The minimum absolute atomic E-state index is 0.0244.